The number of nitrogens with zero attached hydrogens (tertiary/aromatic N) is 1. The third-order valence-electron chi connectivity index (χ3n) is 4.07. The molecule has 3 atom stereocenters. The Morgan fingerprint density at radius 2 is 2.19 bits per heavy atom. The van der Waals surface area contributed by atoms with Crippen LogP contribution in [0.5, 0.6) is 5.75 Å². The zero-order valence-electron chi connectivity index (χ0n) is 12.3. The minimum Gasteiger partial charge on any atom is -0.484 e. The van der Waals surface area contributed by atoms with Crippen molar-refractivity contribution < 1.29 is 14.3 Å². The number of carbonyl (C=O) groups is 1. The second kappa shape index (κ2) is 6.45. The number of carbonyl (C=O) groups excluding carboxylic acids is 1. The van der Waals surface area contributed by atoms with Crippen LogP contribution in [0.2, 0.25) is 0 Å². The smallest absolute Gasteiger partial charge is 0.258 e. The number of para-hydroxylation sites is 1. The third kappa shape index (κ3) is 3.74. The molecule has 0 bridgehead atoms. The summed E-state index contributed by atoms with van der Waals surface area (Å²) >= 11 is 0. The molecule has 3 rings (SSSR count). The molecule has 2 saturated heterocycles. The number of benzene rings is 1. The van der Waals surface area contributed by atoms with Crippen molar-refractivity contribution in [2.24, 2.45) is 0 Å². The van der Waals surface area contributed by atoms with Crippen LogP contribution in [0.3, 0.4) is 0 Å². The summed E-state index contributed by atoms with van der Waals surface area (Å²) in [4.78, 5) is 14.4. The first-order chi connectivity index (χ1) is 10.2. The molecule has 0 aliphatic carbocycles. The highest BCUT2D eigenvalue weighted by atomic mass is 16.5. The highest BCUT2D eigenvalue weighted by molar-refractivity contribution is 5.77. The molecular weight excluding hydrogens is 268 g/mol. The normalized spacial score (nSPS) is 28.9. The zero-order chi connectivity index (χ0) is 14.7. The maximum atomic E-state index is 12.0. The van der Waals surface area contributed by atoms with Gasteiger partial charge in [0.25, 0.3) is 5.91 Å². The molecule has 5 heteroatoms. The monoisotopic (exact) mass is 290 g/mol. The van der Waals surface area contributed by atoms with Gasteiger partial charge < -0.3 is 14.8 Å². The Kier molecular flexibility index (Phi) is 4.41. The van der Waals surface area contributed by atoms with E-state index in [-0.39, 0.29) is 24.7 Å². The van der Waals surface area contributed by atoms with E-state index < -0.39 is 0 Å². The maximum Gasteiger partial charge on any atom is 0.258 e. The fraction of sp³-hybridized carbons (Fsp3) is 0.562. The molecule has 5 nitrogen and oxygen atoms in total. The first kappa shape index (κ1) is 14.4. The highest BCUT2D eigenvalue weighted by Gasteiger charge is 2.36. The van der Waals surface area contributed by atoms with Gasteiger partial charge in [0.15, 0.2) is 6.61 Å². The van der Waals surface area contributed by atoms with Gasteiger partial charge in [0.1, 0.15) is 5.75 Å². The van der Waals surface area contributed by atoms with Crippen LogP contribution in [-0.4, -0.2) is 55.3 Å². The number of amides is 1. The first-order valence-electron chi connectivity index (χ1n) is 7.53. The van der Waals surface area contributed by atoms with Crippen LogP contribution >= 0.6 is 0 Å². The Hall–Kier alpha value is -1.59. The number of fused-ring (bicyclic) bond motifs is 1. The molecule has 2 heterocycles. The fourth-order valence-corrected chi connectivity index (χ4v) is 3.08. The number of hydrogen-bond acceptors (Lipinski definition) is 4. The van der Waals surface area contributed by atoms with Gasteiger partial charge in [-0.2, -0.15) is 0 Å². The van der Waals surface area contributed by atoms with E-state index in [1.807, 2.05) is 30.3 Å². The molecule has 114 valence electrons. The number of morpholine rings is 1. The SMILES string of the molecule is C[C@@H]1CN2C[C@@H](NC(=O)COc3ccccc3)C[C@H]2CO1. The second-order valence-corrected chi connectivity index (χ2v) is 5.85. The molecule has 1 amide bonds. The van der Waals surface area contributed by atoms with Crippen LogP contribution in [0.4, 0.5) is 0 Å². The van der Waals surface area contributed by atoms with E-state index >= 15 is 0 Å². The quantitative estimate of drug-likeness (QED) is 0.900. The van der Waals surface area contributed by atoms with Crippen molar-refractivity contribution in [3.63, 3.8) is 0 Å². The van der Waals surface area contributed by atoms with Gasteiger partial charge in [-0.05, 0) is 25.5 Å². The minimum absolute atomic E-state index is 0.0577. The molecule has 1 aromatic carbocycles. The Labute approximate surface area is 125 Å². The first-order valence-corrected chi connectivity index (χ1v) is 7.53. The summed E-state index contributed by atoms with van der Waals surface area (Å²) in [7, 11) is 0. The summed E-state index contributed by atoms with van der Waals surface area (Å²) in [6.07, 6.45) is 1.25. The summed E-state index contributed by atoms with van der Waals surface area (Å²) in [5, 5.41) is 3.06. The van der Waals surface area contributed by atoms with Crippen LogP contribution in [0.15, 0.2) is 30.3 Å². The molecule has 0 saturated carbocycles. The van der Waals surface area contributed by atoms with Gasteiger partial charge in [-0.15, -0.1) is 0 Å². The van der Waals surface area contributed by atoms with Crippen molar-refractivity contribution in [2.45, 2.75) is 31.5 Å². The maximum absolute atomic E-state index is 12.0. The van der Waals surface area contributed by atoms with Crippen molar-refractivity contribution >= 4 is 5.91 Å². The molecule has 0 spiro atoms. The molecule has 1 aromatic rings. The Bertz CT molecular complexity index is 480. The molecule has 2 aliphatic heterocycles. The van der Waals surface area contributed by atoms with E-state index in [0.717, 1.165) is 31.9 Å². The van der Waals surface area contributed by atoms with Crippen LogP contribution in [0.25, 0.3) is 0 Å². The lowest BCUT2D eigenvalue weighted by atomic mass is 10.1. The van der Waals surface area contributed by atoms with E-state index in [1.54, 1.807) is 0 Å². The summed E-state index contributed by atoms with van der Waals surface area (Å²) in [6, 6.07) is 10.1. The summed E-state index contributed by atoms with van der Waals surface area (Å²) < 4.78 is 11.1. The van der Waals surface area contributed by atoms with Gasteiger partial charge in [0, 0.05) is 25.2 Å². The lowest BCUT2D eigenvalue weighted by Gasteiger charge is -2.33. The van der Waals surface area contributed by atoms with Crippen molar-refractivity contribution in [1.29, 1.82) is 0 Å². The topological polar surface area (TPSA) is 50.8 Å². The molecule has 1 N–H and O–H groups in total. The van der Waals surface area contributed by atoms with E-state index in [2.05, 4.69) is 17.1 Å². The zero-order valence-corrected chi connectivity index (χ0v) is 12.3. The molecule has 0 radical (unpaired) electrons. The number of ether oxygens (including phenoxy) is 2. The van der Waals surface area contributed by atoms with Gasteiger partial charge in [-0.3, -0.25) is 9.69 Å². The van der Waals surface area contributed by atoms with Crippen LogP contribution < -0.4 is 10.1 Å². The van der Waals surface area contributed by atoms with Crippen LogP contribution in [0.1, 0.15) is 13.3 Å². The molecule has 21 heavy (non-hydrogen) atoms. The fourth-order valence-electron chi connectivity index (χ4n) is 3.08. The lowest BCUT2D eigenvalue weighted by molar-refractivity contribution is -0.123. The van der Waals surface area contributed by atoms with Crippen molar-refractivity contribution in [3.05, 3.63) is 30.3 Å². The number of rotatable bonds is 4. The average molecular weight is 290 g/mol. The van der Waals surface area contributed by atoms with E-state index in [1.165, 1.54) is 0 Å². The van der Waals surface area contributed by atoms with Crippen LogP contribution in [-0.2, 0) is 9.53 Å². The molecule has 2 fully saturated rings. The van der Waals surface area contributed by atoms with Crippen molar-refractivity contribution in [3.8, 4) is 5.75 Å². The predicted molar refractivity (Wildman–Crippen MR) is 79.3 cm³/mol. The minimum atomic E-state index is -0.0577. The van der Waals surface area contributed by atoms with Crippen molar-refractivity contribution in [2.75, 3.05) is 26.3 Å². The Balaban J connectivity index is 1.43. The van der Waals surface area contributed by atoms with Gasteiger partial charge in [0.2, 0.25) is 0 Å². The molecule has 0 aromatic heterocycles. The predicted octanol–water partition coefficient (Wildman–Crippen LogP) is 1.04. The van der Waals surface area contributed by atoms with Gasteiger partial charge >= 0.3 is 0 Å². The molecule has 0 unspecified atom stereocenters. The number of hydrogen-bond donors (Lipinski definition) is 1. The summed E-state index contributed by atoms with van der Waals surface area (Å²) in [5.74, 6) is 0.663. The third-order valence-corrected chi connectivity index (χ3v) is 4.07. The summed E-state index contributed by atoms with van der Waals surface area (Å²) in [6.45, 7) is 4.80. The van der Waals surface area contributed by atoms with E-state index in [9.17, 15) is 4.79 Å². The van der Waals surface area contributed by atoms with Gasteiger partial charge in [-0.25, -0.2) is 0 Å². The number of nitrogens with one attached hydrogen (secondary N) is 1. The van der Waals surface area contributed by atoms with Gasteiger partial charge in [-0.1, -0.05) is 18.2 Å². The van der Waals surface area contributed by atoms with Crippen LogP contribution in [0, 0.1) is 0 Å². The summed E-state index contributed by atoms with van der Waals surface area (Å²) in [5.41, 5.74) is 0. The Morgan fingerprint density at radius 1 is 1.38 bits per heavy atom. The average Bonchev–Trinajstić information content (AvgIpc) is 2.87. The largest absolute Gasteiger partial charge is 0.484 e. The molecular formula is C16H22N2O3. The second-order valence-electron chi connectivity index (χ2n) is 5.85. The van der Waals surface area contributed by atoms with Gasteiger partial charge in [0.05, 0.1) is 12.7 Å². The standard InChI is InChI=1S/C16H22N2O3/c1-12-8-18-9-13(7-14(18)10-20-12)17-16(19)11-21-15-5-3-2-4-6-15/h2-6,12-14H,7-11H2,1H3,(H,17,19)/t12-,13+,14+/m1/s1. The highest BCUT2D eigenvalue weighted by Crippen LogP contribution is 2.23. The van der Waals surface area contributed by atoms with E-state index in [4.69, 9.17) is 9.47 Å². The van der Waals surface area contributed by atoms with E-state index in [0.29, 0.717) is 6.04 Å². The Morgan fingerprint density at radius 3 is 3.00 bits per heavy atom. The van der Waals surface area contributed by atoms with Crippen molar-refractivity contribution in [1.82, 2.24) is 10.2 Å². The lowest BCUT2D eigenvalue weighted by Crippen LogP contribution is -2.45. The molecule has 2 aliphatic rings.